The number of hydrogen-bond acceptors (Lipinski definition) is 5. The summed E-state index contributed by atoms with van der Waals surface area (Å²) in [5, 5.41) is 7.33. The largest absolute Gasteiger partial charge is 0.383 e. The lowest BCUT2D eigenvalue weighted by atomic mass is 10.1. The Balaban J connectivity index is 1.86. The van der Waals surface area contributed by atoms with Gasteiger partial charge < -0.3 is 11.1 Å². The molecule has 0 fully saturated rings. The molecule has 2 aromatic heterocycles. The van der Waals surface area contributed by atoms with E-state index in [0.29, 0.717) is 10.9 Å². The summed E-state index contributed by atoms with van der Waals surface area (Å²) in [6, 6.07) is 10.7. The highest BCUT2D eigenvalue weighted by atomic mass is 19.1. The molecule has 4 rings (SSSR count). The van der Waals surface area contributed by atoms with Gasteiger partial charge in [-0.05, 0) is 12.1 Å². The Kier molecular flexibility index (Phi) is 4.63. The molecule has 3 N–H and O–H groups in total. The molecule has 0 unspecified atom stereocenters. The lowest BCUT2D eigenvalue weighted by Crippen LogP contribution is -2.20. The Bertz CT molecular complexity index is 1240. The summed E-state index contributed by atoms with van der Waals surface area (Å²) in [7, 11) is 1.47. The van der Waals surface area contributed by atoms with Crippen molar-refractivity contribution in [2.24, 2.45) is 0 Å². The normalized spacial score (nSPS) is 11.0. The SMILES string of the molecule is CNC(=O)c1cnc(-c2nn(Cc3ccccc3F)c3c(F)cccc23)nc1N. The van der Waals surface area contributed by atoms with Crippen LogP contribution >= 0.6 is 0 Å². The zero-order valence-corrected chi connectivity index (χ0v) is 15.4. The number of nitrogens with two attached hydrogens (primary N) is 1. The quantitative estimate of drug-likeness (QED) is 0.555. The summed E-state index contributed by atoms with van der Waals surface area (Å²) in [5.41, 5.74) is 6.86. The number of anilines is 1. The lowest BCUT2D eigenvalue weighted by Gasteiger charge is -2.05. The van der Waals surface area contributed by atoms with Gasteiger partial charge in [0.15, 0.2) is 5.82 Å². The number of amides is 1. The number of fused-ring (bicyclic) bond motifs is 1. The van der Waals surface area contributed by atoms with E-state index < -0.39 is 17.5 Å². The van der Waals surface area contributed by atoms with Crippen molar-refractivity contribution in [2.45, 2.75) is 6.54 Å². The molecule has 0 saturated carbocycles. The van der Waals surface area contributed by atoms with Gasteiger partial charge in [-0.2, -0.15) is 5.10 Å². The van der Waals surface area contributed by atoms with Gasteiger partial charge in [0.2, 0.25) is 0 Å². The number of carbonyl (C=O) groups excluding carboxylic acids is 1. The Hall–Kier alpha value is -3.88. The maximum absolute atomic E-state index is 14.6. The topological polar surface area (TPSA) is 98.7 Å². The number of rotatable bonds is 4. The zero-order valence-electron chi connectivity index (χ0n) is 15.4. The molecule has 146 valence electrons. The van der Waals surface area contributed by atoms with Gasteiger partial charge in [-0.25, -0.2) is 18.7 Å². The fraction of sp³-hybridized carbons (Fsp3) is 0.100. The van der Waals surface area contributed by atoms with E-state index in [1.807, 2.05) is 0 Å². The van der Waals surface area contributed by atoms with Gasteiger partial charge in [0, 0.05) is 24.2 Å². The van der Waals surface area contributed by atoms with Crippen molar-refractivity contribution in [3.8, 4) is 11.5 Å². The fourth-order valence-electron chi connectivity index (χ4n) is 3.08. The molecule has 0 aliphatic carbocycles. The molecule has 2 aromatic carbocycles. The molecule has 7 nitrogen and oxygen atoms in total. The number of nitrogens with one attached hydrogen (secondary N) is 1. The van der Waals surface area contributed by atoms with Crippen molar-refractivity contribution in [2.75, 3.05) is 12.8 Å². The summed E-state index contributed by atoms with van der Waals surface area (Å²) < 4.78 is 30.1. The van der Waals surface area contributed by atoms with Gasteiger partial charge in [-0.3, -0.25) is 9.48 Å². The van der Waals surface area contributed by atoms with Crippen LogP contribution in [0.2, 0.25) is 0 Å². The highest BCUT2D eigenvalue weighted by Crippen LogP contribution is 2.29. The van der Waals surface area contributed by atoms with Crippen LogP contribution in [-0.4, -0.2) is 32.7 Å². The first-order valence-electron chi connectivity index (χ1n) is 8.73. The van der Waals surface area contributed by atoms with E-state index >= 15 is 0 Å². The molecule has 2 heterocycles. The second-order valence-electron chi connectivity index (χ2n) is 6.31. The smallest absolute Gasteiger partial charge is 0.256 e. The van der Waals surface area contributed by atoms with Gasteiger partial charge in [-0.1, -0.05) is 30.3 Å². The number of halogens is 2. The molecule has 0 aliphatic rings. The molecule has 0 saturated heterocycles. The van der Waals surface area contributed by atoms with Crippen molar-refractivity contribution < 1.29 is 13.6 Å². The third-order valence-corrected chi connectivity index (χ3v) is 4.50. The maximum atomic E-state index is 14.6. The van der Waals surface area contributed by atoms with Crippen LogP contribution in [0.15, 0.2) is 48.7 Å². The standard InChI is InChI=1S/C20H16F2N6O/c1-24-20(29)13-9-25-19(26-18(13)23)16-12-6-4-8-15(22)17(12)28(27-16)10-11-5-2-3-7-14(11)21/h2-9H,10H2,1H3,(H,24,29)(H2,23,25,26). The lowest BCUT2D eigenvalue weighted by molar-refractivity contribution is 0.0963. The van der Waals surface area contributed by atoms with Crippen molar-refractivity contribution >= 4 is 22.6 Å². The summed E-state index contributed by atoms with van der Waals surface area (Å²) in [6.45, 7) is 0.0237. The summed E-state index contributed by atoms with van der Waals surface area (Å²) >= 11 is 0. The molecule has 1 amide bonds. The third-order valence-electron chi connectivity index (χ3n) is 4.50. The average Bonchev–Trinajstić information content (AvgIpc) is 3.09. The predicted octanol–water partition coefficient (Wildman–Crippen LogP) is 2.76. The van der Waals surface area contributed by atoms with Crippen molar-refractivity contribution in [1.82, 2.24) is 25.1 Å². The van der Waals surface area contributed by atoms with Crippen LogP contribution in [-0.2, 0) is 6.54 Å². The molecule has 0 spiro atoms. The maximum Gasteiger partial charge on any atom is 0.256 e. The van der Waals surface area contributed by atoms with Crippen LogP contribution in [0.1, 0.15) is 15.9 Å². The second-order valence-corrected chi connectivity index (χ2v) is 6.31. The molecule has 0 radical (unpaired) electrons. The Morgan fingerprint density at radius 3 is 2.62 bits per heavy atom. The number of benzene rings is 2. The Labute approximate surface area is 164 Å². The molecule has 9 heteroatoms. The van der Waals surface area contributed by atoms with Gasteiger partial charge >= 0.3 is 0 Å². The minimum atomic E-state index is -0.507. The average molecular weight is 394 g/mol. The number of nitrogen functional groups attached to an aromatic ring is 1. The van der Waals surface area contributed by atoms with Crippen molar-refractivity contribution in [3.63, 3.8) is 0 Å². The number of para-hydroxylation sites is 1. The summed E-state index contributed by atoms with van der Waals surface area (Å²) in [4.78, 5) is 20.1. The molecule has 0 atom stereocenters. The number of hydrogen-bond donors (Lipinski definition) is 2. The van der Waals surface area contributed by atoms with Crippen molar-refractivity contribution in [1.29, 1.82) is 0 Å². The molecule has 29 heavy (non-hydrogen) atoms. The first-order chi connectivity index (χ1) is 14.0. The first kappa shape index (κ1) is 18.5. The zero-order chi connectivity index (χ0) is 20.5. The number of nitrogens with zero attached hydrogens (tertiary/aromatic N) is 4. The second kappa shape index (κ2) is 7.27. The van der Waals surface area contributed by atoms with Crippen LogP contribution in [0, 0.1) is 11.6 Å². The van der Waals surface area contributed by atoms with E-state index in [1.54, 1.807) is 30.3 Å². The highest BCUT2D eigenvalue weighted by molar-refractivity contribution is 5.98. The third kappa shape index (κ3) is 3.27. The molecule has 4 aromatic rings. The minimum Gasteiger partial charge on any atom is -0.383 e. The van der Waals surface area contributed by atoms with Crippen LogP contribution in [0.5, 0.6) is 0 Å². The van der Waals surface area contributed by atoms with E-state index in [0.717, 1.165) is 0 Å². The van der Waals surface area contributed by atoms with Gasteiger partial charge in [0.1, 0.15) is 28.7 Å². The predicted molar refractivity (Wildman–Crippen MR) is 104 cm³/mol. The molecule has 0 bridgehead atoms. The van der Waals surface area contributed by atoms with Crippen LogP contribution in [0.25, 0.3) is 22.4 Å². The van der Waals surface area contributed by atoms with E-state index in [4.69, 9.17) is 5.73 Å². The molecular formula is C20H16F2N6O. The van der Waals surface area contributed by atoms with Gasteiger partial charge in [-0.15, -0.1) is 0 Å². The number of carbonyl (C=O) groups is 1. The Morgan fingerprint density at radius 1 is 1.14 bits per heavy atom. The fourth-order valence-corrected chi connectivity index (χ4v) is 3.08. The van der Waals surface area contributed by atoms with Gasteiger partial charge in [0.25, 0.3) is 5.91 Å². The number of aromatic nitrogens is 4. The van der Waals surface area contributed by atoms with Crippen LogP contribution in [0.3, 0.4) is 0 Å². The minimum absolute atomic E-state index is 0.0237. The summed E-state index contributed by atoms with van der Waals surface area (Å²) in [5.74, 6) is -1.23. The van der Waals surface area contributed by atoms with Gasteiger partial charge in [0.05, 0.1) is 12.1 Å². The Morgan fingerprint density at radius 2 is 1.90 bits per heavy atom. The molecule has 0 aliphatic heterocycles. The summed E-state index contributed by atoms with van der Waals surface area (Å²) in [6.07, 6.45) is 1.29. The van der Waals surface area contributed by atoms with E-state index in [9.17, 15) is 13.6 Å². The molecular weight excluding hydrogens is 378 g/mol. The highest BCUT2D eigenvalue weighted by Gasteiger charge is 2.20. The van der Waals surface area contributed by atoms with E-state index in [1.165, 1.54) is 30.1 Å². The van der Waals surface area contributed by atoms with Crippen molar-refractivity contribution in [3.05, 3.63) is 71.4 Å². The first-order valence-corrected chi connectivity index (χ1v) is 8.73. The van der Waals surface area contributed by atoms with Crippen LogP contribution < -0.4 is 11.1 Å². The van der Waals surface area contributed by atoms with E-state index in [-0.39, 0.29) is 35.0 Å². The van der Waals surface area contributed by atoms with E-state index in [2.05, 4.69) is 20.4 Å². The monoisotopic (exact) mass is 394 g/mol. The van der Waals surface area contributed by atoms with Crippen LogP contribution in [0.4, 0.5) is 14.6 Å².